The van der Waals surface area contributed by atoms with Crippen LogP contribution in [-0.2, 0) is 4.79 Å². The predicted molar refractivity (Wildman–Crippen MR) is 129 cm³/mol. The van der Waals surface area contributed by atoms with Gasteiger partial charge in [0.2, 0.25) is 11.8 Å². The highest BCUT2D eigenvalue weighted by atomic mass is 16.5. The van der Waals surface area contributed by atoms with Gasteiger partial charge in [0.1, 0.15) is 5.56 Å². The van der Waals surface area contributed by atoms with Gasteiger partial charge in [-0.1, -0.05) is 18.6 Å². The first-order chi connectivity index (χ1) is 16.7. The van der Waals surface area contributed by atoms with Gasteiger partial charge >= 0.3 is 0 Å². The summed E-state index contributed by atoms with van der Waals surface area (Å²) >= 11 is 0. The van der Waals surface area contributed by atoms with Gasteiger partial charge in [-0.15, -0.1) is 0 Å². The molecule has 0 bridgehead atoms. The Hall–Kier alpha value is -3.13. The number of nitrogens with one attached hydrogen (secondary N) is 1. The van der Waals surface area contributed by atoms with Crippen LogP contribution in [0, 0.1) is 0 Å². The molecule has 0 atom stereocenters. The summed E-state index contributed by atoms with van der Waals surface area (Å²) in [7, 11) is 0. The van der Waals surface area contributed by atoms with Gasteiger partial charge in [0.05, 0.1) is 13.2 Å². The van der Waals surface area contributed by atoms with Gasteiger partial charge in [0.25, 0.3) is 5.91 Å². The third-order valence-electron chi connectivity index (χ3n) is 6.21. The lowest BCUT2D eigenvalue weighted by molar-refractivity contribution is -0.121. The van der Waals surface area contributed by atoms with Crippen molar-refractivity contribution in [2.24, 2.45) is 0 Å². The molecule has 2 aliphatic heterocycles. The fraction of sp³-hybridized carbons (Fsp3) is 0.500. The molecule has 2 amide bonds. The highest BCUT2D eigenvalue weighted by Crippen LogP contribution is 2.32. The average molecular weight is 467 g/mol. The van der Waals surface area contributed by atoms with Gasteiger partial charge in [0, 0.05) is 25.8 Å². The number of ether oxygens (including phenoxy) is 2. The van der Waals surface area contributed by atoms with Crippen LogP contribution >= 0.6 is 0 Å². The van der Waals surface area contributed by atoms with Gasteiger partial charge in [-0.2, -0.15) is 0 Å². The van der Waals surface area contributed by atoms with Crippen molar-refractivity contribution in [1.29, 1.82) is 0 Å². The first-order valence-corrected chi connectivity index (χ1v) is 12.3. The molecule has 0 spiro atoms. The molecule has 2 aromatic rings. The van der Waals surface area contributed by atoms with Crippen LogP contribution in [0.4, 0.5) is 0 Å². The number of carbonyl (C=O) groups is 2. The molecule has 1 fully saturated rings. The summed E-state index contributed by atoms with van der Waals surface area (Å²) in [6.45, 7) is 4.68. The zero-order valence-corrected chi connectivity index (χ0v) is 19.7. The van der Waals surface area contributed by atoms with E-state index in [0.29, 0.717) is 36.8 Å². The van der Waals surface area contributed by atoms with E-state index in [2.05, 4.69) is 15.2 Å². The maximum atomic E-state index is 13.5. The minimum atomic E-state index is -0.257. The Morgan fingerprint density at radius 3 is 2.56 bits per heavy atom. The monoisotopic (exact) mass is 466 g/mol. The van der Waals surface area contributed by atoms with Crippen molar-refractivity contribution in [1.82, 2.24) is 20.1 Å². The molecule has 0 radical (unpaired) electrons. The van der Waals surface area contributed by atoms with E-state index >= 15 is 0 Å². The van der Waals surface area contributed by atoms with Crippen molar-refractivity contribution < 1.29 is 19.1 Å². The second kappa shape index (κ2) is 12.4. The number of hydrogen-bond donors (Lipinski definition) is 1. The molecule has 1 aromatic heterocycles. The lowest BCUT2D eigenvalue weighted by atomic mass is 10.1. The molecule has 34 heavy (non-hydrogen) atoms. The van der Waals surface area contributed by atoms with Crippen molar-refractivity contribution in [3.8, 4) is 17.4 Å². The third kappa shape index (κ3) is 6.70. The Balaban J connectivity index is 1.45. The van der Waals surface area contributed by atoms with E-state index in [-0.39, 0.29) is 24.2 Å². The molecule has 0 unspecified atom stereocenters. The smallest absolute Gasteiger partial charge is 0.259 e. The summed E-state index contributed by atoms with van der Waals surface area (Å²) in [4.78, 5) is 34.5. The number of likely N-dealkylation sites (tertiary alicyclic amines) is 1. The number of pyridine rings is 1. The zero-order chi connectivity index (χ0) is 23.6. The van der Waals surface area contributed by atoms with E-state index in [1.54, 1.807) is 29.3 Å². The van der Waals surface area contributed by atoms with E-state index in [1.807, 2.05) is 18.2 Å². The molecule has 0 saturated carbocycles. The second-order valence-corrected chi connectivity index (χ2v) is 8.79. The predicted octanol–water partition coefficient (Wildman–Crippen LogP) is 3.48. The summed E-state index contributed by atoms with van der Waals surface area (Å²) < 4.78 is 11.9. The van der Waals surface area contributed by atoms with Crippen LogP contribution < -0.4 is 14.8 Å². The highest BCUT2D eigenvalue weighted by molar-refractivity contribution is 5.98. The highest BCUT2D eigenvalue weighted by Gasteiger charge is 2.24. The number of amides is 2. The summed E-state index contributed by atoms with van der Waals surface area (Å²) in [5, 5.41) is 2.99. The van der Waals surface area contributed by atoms with Gasteiger partial charge < -0.3 is 24.6 Å². The van der Waals surface area contributed by atoms with Gasteiger partial charge in [0.15, 0.2) is 11.5 Å². The fourth-order valence-electron chi connectivity index (χ4n) is 4.34. The topological polar surface area (TPSA) is 84.0 Å². The molecular weight excluding hydrogens is 432 g/mol. The second-order valence-electron chi connectivity index (χ2n) is 8.79. The lowest BCUT2D eigenvalue weighted by Crippen LogP contribution is -2.44. The van der Waals surface area contributed by atoms with E-state index < -0.39 is 0 Å². The minimum Gasteiger partial charge on any atom is -0.490 e. The van der Waals surface area contributed by atoms with Gasteiger partial charge in [-0.05, 0) is 69.5 Å². The number of hydrogen-bond acceptors (Lipinski definition) is 6. The van der Waals surface area contributed by atoms with Crippen molar-refractivity contribution in [3.63, 3.8) is 0 Å². The number of benzene rings is 1. The van der Waals surface area contributed by atoms with Crippen molar-refractivity contribution in [3.05, 3.63) is 48.2 Å². The van der Waals surface area contributed by atoms with E-state index in [0.717, 1.165) is 38.9 Å². The first-order valence-electron chi connectivity index (χ1n) is 12.3. The summed E-state index contributed by atoms with van der Waals surface area (Å²) in [6, 6.07) is 10.8. The number of fused-ring (bicyclic) bond motifs is 2. The molecule has 8 nitrogen and oxygen atoms in total. The first kappa shape index (κ1) is 24.0. The lowest BCUT2D eigenvalue weighted by Gasteiger charge is -2.27. The Labute approximate surface area is 201 Å². The zero-order valence-electron chi connectivity index (χ0n) is 19.7. The van der Waals surface area contributed by atoms with Gasteiger partial charge in [-0.3, -0.25) is 9.59 Å². The van der Waals surface area contributed by atoms with Crippen LogP contribution in [0.25, 0.3) is 0 Å². The van der Waals surface area contributed by atoms with Crippen LogP contribution in [0.1, 0.15) is 48.9 Å². The molecule has 4 rings (SSSR count). The SMILES string of the molecule is O=C(CN1CCCCCOc2ccccc2Oc2ncccc2C1=O)NCCN1CCCCC1. The molecule has 0 aliphatic carbocycles. The number of aromatic nitrogens is 1. The number of piperidine rings is 1. The third-order valence-corrected chi connectivity index (χ3v) is 6.21. The van der Waals surface area contributed by atoms with Crippen LogP contribution in [0.15, 0.2) is 42.6 Å². The maximum absolute atomic E-state index is 13.5. The Kier molecular flexibility index (Phi) is 8.73. The Morgan fingerprint density at radius 2 is 1.71 bits per heavy atom. The molecule has 1 N–H and O–H groups in total. The Morgan fingerprint density at radius 1 is 0.941 bits per heavy atom. The number of para-hydroxylation sites is 2. The molecule has 182 valence electrons. The Bertz CT molecular complexity index is 961. The van der Waals surface area contributed by atoms with Crippen LogP contribution in [-0.4, -0.2) is 72.5 Å². The van der Waals surface area contributed by atoms with Gasteiger partial charge in [-0.25, -0.2) is 4.98 Å². The molecule has 1 saturated heterocycles. The largest absolute Gasteiger partial charge is 0.490 e. The molecule has 2 aliphatic rings. The fourth-order valence-corrected chi connectivity index (χ4v) is 4.34. The van der Waals surface area contributed by atoms with Crippen molar-refractivity contribution in [2.75, 3.05) is 45.9 Å². The van der Waals surface area contributed by atoms with Crippen molar-refractivity contribution >= 4 is 11.8 Å². The van der Waals surface area contributed by atoms with Crippen LogP contribution in [0.5, 0.6) is 17.4 Å². The van der Waals surface area contributed by atoms with E-state index in [9.17, 15) is 9.59 Å². The maximum Gasteiger partial charge on any atom is 0.259 e. The quantitative estimate of drug-likeness (QED) is 0.726. The van der Waals surface area contributed by atoms with Crippen LogP contribution in [0.3, 0.4) is 0 Å². The standard InChI is InChI=1S/C26H34N4O4/c31-24(27-14-18-29-15-5-1-6-16-29)20-30-17-7-2-8-19-33-22-11-3-4-12-23(22)34-25-21(26(30)32)10-9-13-28-25/h3-4,9-13H,1-2,5-8,14-20H2,(H,27,31). The van der Waals surface area contributed by atoms with Crippen molar-refractivity contribution in [2.45, 2.75) is 38.5 Å². The van der Waals surface area contributed by atoms with Crippen LogP contribution in [0.2, 0.25) is 0 Å². The summed E-state index contributed by atoms with van der Waals surface area (Å²) in [6.07, 6.45) is 7.85. The molecule has 3 heterocycles. The van der Waals surface area contributed by atoms with E-state index in [4.69, 9.17) is 9.47 Å². The average Bonchev–Trinajstić information content (AvgIpc) is 2.87. The number of rotatable bonds is 5. The molecular formula is C26H34N4O4. The normalized spacial score (nSPS) is 17.6. The molecule has 1 aromatic carbocycles. The van der Waals surface area contributed by atoms with E-state index in [1.165, 1.54) is 19.3 Å². The summed E-state index contributed by atoms with van der Waals surface area (Å²) in [5.41, 5.74) is 0.331. The number of carbonyl (C=O) groups excluding carboxylic acids is 2. The number of nitrogens with zero attached hydrogens (tertiary/aromatic N) is 3. The molecule has 8 heteroatoms. The minimum absolute atomic E-state index is 0.0141. The summed E-state index contributed by atoms with van der Waals surface area (Å²) in [5.74, 6) is 0.937.